The van der Waals surface area contributed by atoms with Crippen LogP contribution in [0.1, 0.15) is 22.3 Å². The predicted molar refractivity (Wildman–Crippen MR) is 112 cm³/mol. The lowest BCUT2D eigenvalue weighted by Gasteiger charge is -2.14. The number of ether oxygens (including phenoxy) is 2. The van der Waals surface area contributed by atoms with Crippen LogP contribution in [0.5, 0.6) is 17.4 Å². The fraction of sp³-hybridized carbons (Fsp3) is 0.182. The molecule has 0 radical (unpaired) electrons. The molecular formula is C22H20N4O4. The molecule has 0 bridgehead atoms. The first kappa shape index (κ1) is 20.6. The molecule has 0 fully saturated rings. The summed E-state index contributed by atoms with van der Waals surface area (Å²) in [5.41, 5.74) is 1.15. The normalized spacial score (nSPS) is 10.7. The number of benzene rings is 1. The van der Waals surface area contributed by atoms with E-state index in [1.807, 2.05) is 6.07 Å². The summed E-state index contributed by atoms with van der Waals surface area (Å²) >= 11 is 0. The summed E-state index contributed by atoms with van der Waals surface area (Å²) in [4.78, 5) is 21.2. The van der Waals surface area contributed by atoms with Gasteiger partial charge < -0.3 is 14.6 Å². The second-order valence-corrected chi connectivity index (χ2v) is 6.40. The fourth-order valence-corrected chi connectivity index (χ4v) is 2.98. The Labute approximate surface area is 173 Å². The number of nitriles is 1. The van der Waals surface area contributed by atoms with Gasteiger partial charge in [-0.05, 0) is 36.2 Å². The van der Waals surface area contributed by atoms with Crippen molar-refractivity contribution < 1.29 is 14.6 Å². The number of aromatic nitrogens is 2. The lowest BCUT2D eigenvalue weighted by molar-refractivity contribution is 0.404. The summed E-state index contributed by atoms with van der Waals surface area (Å²) in [6.07, 6.45) is 4.61. The van der Waals surface area contributed by atoms with Crippen molar-refractivity contribution in [3.63, 3.8) is 0 Å². The zero-order valence-electron chi connectivity index (χ0n) is 16.8. The Kier molecular flexibility index (Phi) is 6.13. The minimum Gasteiger partial charge on any atom is -0.497 e. The van der Waals surface area contributed by atoms with Crippen molar-refractivity contribution in [3.8, 4) is 23.4 Å². The van der Waals surface area contributed by atoms with Crippen molar-refractivity contribution in [2.75, 3.05) is 14.2 Å². The summed E-state index contributed by atoms with van der Waals surface area (Å²) in [6, 6.07) is 10.6. The minimum atomic E-state index is -0.576. The van der Waals surface area contributed by atoms with E-state index in [0.717, 1.165) is 4.57 Å². The second kappa shape index (κ2) is 8.92. The van der Waals surface area contributed by atoms with Crippen LogP contribution in [0.2, 0.25) is 0 Å². The van der Waals surface area contributed by atoms with Crippen LogP contribution in [0.3, 0.4) is 0 Å². The average Bonchev–Trinajstić information content (AvgIpc) is 2.77. The van der Waals surface area contributed by atoms with Crippen LogP contribution >= 0.6 is 0 Å². The Morgan fingerprint density at radius 1 is 1.30 bits per heavy atom. The van der Waals surface area contributed by atoms with Crippen LogP contribution in [0.15, 0.2) is 52.5 Å². The Morgan fingerprint density at radius 3 is 2.73 bits per heavy atom. The summed E-state index contributed by atoms with van der Waals surface area (Å²) < 4.78 is 11.7. The van der Waals surface area contributed by atoms with Crippen LogP contribution in [0.25, 0.3) is 0 Å². The summed E-state index contributed by atoms with van der Waals surface area (Å²) in [5, 5.41) is 20.3. The second-order valence-electron chi connectivity index (χ2n) is 6.40. The molecule has 3 aromatic rings. The van der Waals surface area contributed by atoms with Gasteiger partial charge >= 0.3 is 0 Å². The van der Waals surface area contributed by atoms with Gasteiger partial charge in [-0.15, -0.1) is 0 Å². The molecule has 8 heteroatoms. The minimum absolute atomic E-state index is 0.0595. The lowest BCUT2D eigenvalue weighted by Crippen LogP contribution is -2.26. The van der Waals surface area contributed by atoms with Gasteiger partial charge in [-0.3, -0.25) is 19.3 Å². The maximum atomic E-state index is 12.7. The number of aromatic hydroxyl groups is 1. The van der Waals surface area contributed by atoms with Crippen LogP contribution in [-0.2, 0) is 6.54 Å². The van der Waals surface area contributed by atoms with E-state index in [-0.39, 0.29) is 23.6 Å². The quantitative estimate of drug-likeness (QED) is 0.633. The van der Waals surface area contributed by atoms with E-state index in [9.17, 15) is 15.2 Å². The van der Waals surface area contributed by atoms with Crippen LogP contribution < -0.4 is 15.0 Å². The first-order valence-electron chi connectivity index (χ1n) is 9.01. The number of pyridine rings is 2. The summed E-state index contributed by atoms with van der Waals surface area (Å²) in [7, 11) is 3.06. The van der Waals surface area contributed by atoms with Crippen LogP contribution in [-0.4, -0.2) is 35.1 Å². The third-order valence-corrected chi connectivity index (χ3v) is 4.63. The van der Waals surface area contributed by atoms with Crippen molar-refractivity contribution in [2.45, 2.75) is 13.5 Å². The zero-order valence-corrected chi connectivity index (χ0v) is 16.8. The van der Waals surface area contributed by atoms with E-state index in [2.05, 4.69) is 9.98 Å². The van der Waals surface area contributed by atoms with Crippen molar-refractivity contribution in [3.05, 3.63) is 75.3 Å². The van der Waals surface area contributed by atoms with Gasteiger partial charge in [-0.25, -0.2) is 0 Å². The van der Waals surface area contributed by atoms with Crippen molar-refractivity contribution in [1.29, 1.82) is 5.26 Å². The largest absolute Gasteiger partial charge is 0.497 e. The molecule has 0 amide bonds. The Balaban J connectivity index is 2.14. The topological polar surface area (TPSA) is 110 Å². The molecule has 0 atom stereocenters. The van der Waals surface area contributed by atoms with Crippen molar-refractivity contribution >= 4 is 11.9 Å². The van der Waals surface area contributed by atoms with Crippen molar-refractivity contribution in [1.82, 2.24) is 9.55 Å². The molecule has 2 aromatic heterocycles. The summed E-state index contributed by atoms with van der Waals surface area (Å²) in [6.45, 7) is 1.66. The molecule has 3 rings (SSSR count). The molecular weight excluding hydrogens is 384 g/mol. The zero-order chi connectivity index (χ0) is 21.7. The highest BCUT2D eigenvalue weighted by Crippen LogP contribution is 2.32. The average molecular weight is 404 g/mol. The van der Waals surface area contributed by atoms with E-state index in [1.54, 1.807) is 56.8 Å². The molecule has 1 N–H and O–H groups in total. The lowest BCUT2D eigenvalue weighted by atomic mass is 10.1. The Bertz CT molecular complexity index is 1190. The molecule has 0 spiro atoms. The number of nitrogens with zero attached hydrogens (tertiary/aromatic N) is 4. The smallest absolute Gasteiger partial charge is 0.271 e. The van der Waals surface area contributed by atoms with E-state index in [4.69, 9.17) is 9.47 Å². The summed E-state index contributed by atoms with van der Waals surface area (Å²) in [5.74, 6) is 0.808. The molecule has 0 saturated carbocycles. The standard InChI is InChI=1S/C22H20N4O4/c1-14-17(10-23)21(27)26(13-15-5-4-8-24-11-15)22(28)18(14)12-25-19-9-16(29-2)6-7-20(19)30-3/h4-9,11-12,28H,13H2,1-3H3. The Hall–Kier alpha value is -4.12. The number of aliphatic imine (C=N–C) groups is 1. The van der Waals surface area contributed by atoms with Gasteiger partial charge in [0.1, 0.15) is 28.8 Å². The van der Waals surface area contributed by atoms with Gasteiger partial charge in [0, 0.05) is 24.7 Å². The van der Waals surface area contributed by atoms with Crippen LogP contribution in [0.4, 0.5) is 5.69 Å². The number of rotatable bonds is 6. The number of hydrogen-bond acceptors (Lipinski definition) is 7. The SMILES string of the molecule is COc1ccc(OC)c(N=Cc2c(C)c(C#N)c(=O)n(Cc3cccnc3)c2O)c1. The molecule has 8 nitrogen and oxygen atoms in total. The van der Waals surface area contributed by atoms with Gasteiger partial charge in [0.15, 0.2) is 0 Å². The Morgan fingerprint density at radius 2 is 2.10 bits per heavy atom. The molecule has 0 aliphatic carbocycles. The van der Waals surface area contributed by atoms with E-state index >= 15 is 0 Å². The molecule has 2 heterocycles. The van der Waals surface area contributed by atoms with Crippen molar-refractivity contribution in [2.24, 2.45) is 4.99 Å². The van der Waals surface area contributed by atoms with Gasteiger partial charge in [0.2, 0.25) is 5.88 Å². The number of methoxy groups -OCH3 is 2. The molecule has 1 aromatic carbocycles. The van der Waals surface area contributed by atoms with Gasteiger partial charge in [-0.1, -0.05) is 6.07 Å². The molecule has 0 aliphatic heterocycles. The highest BCUT2D eigenvalue weighted by Gasteiger charge is 2.18. The highest BCUT2D eigenvalue weighted by atomic mass is 16.5. The monoisotopic (exact) mass is 404 g/mol. The van der Waals surface area contributed by atoms with Crippen LogP contribution in [0, 0.1) is 18.3 Å². The third-order valence-electron chi connectivity index (χ3n) is 4.63. The fourth-order valence-electron chi connectivity index (χ4n) is 2.98. The number of hydrogen-bond donors (Lipinski definition) is 1. The van der Waals surface area contributed by atoms with E-state index < -0.39 is 5.56 Å². The maximum Gasteiger partial charge on any atom is 0.271 e. The van der Waals surface area contributed by atoms with E-state index in [0.29, 0.717) is 28.3 Å². The van der Waals surface area contributed by atoms with E-state index in [1.165, 1.54) is 13.3 Å². The predicted octanol–water partition coefficient (Wildman–Crippen LogP) is 2.95. The van der Waals surface area contributed by atoms with Gasteiger partial charge in [0.05, 0.1) is 26.3 Å². The maximum absolute atomic E-state index is 12.7. The molecule has 0 saturated heterocycles. The third kappa shape index (κ3) is 4.00. The first-order valence-corrected chi connectivity index (χ1v) is 9.01. The molecule has 0 unspecified atom stereocenters. The molecule has 152 valence electrons. The van der Waals surface area contributed by atoms with Gasteiger partial charge in [-0.2, -0.15) is 5.26 Å². The first-order chi connectivity index (χ1) is 14.5. The van der Waals surface area contributed by atoms with Gasteiger partial charge in [0.25, 0.3) is 5.56 Å². The molecule has 0 aliphatic rings. The highest BCUT2D eigenvalue weighted by molar-refractivity contribution is 5.88. The molecule has 30 heavy (non-hydrogen) atoms.